The molecule has 0 atom stereocenters. The first-order valence-electron chi connectivity index (χ1n) is 9.13. The van der Waals surface area contributed by atoms with Crippen LogP contribution >= 0.6 is 31.9 Å². The summed E-state index contributed by atoms with van der Waals surface area (Å²) in [5.74, 6) is 0. The largest absolute Gasteiger partial charge is 0.255 e. The van der Waals surface area contributed by atoms with Gasteiger partial charge in [0.1, 0.15) is 0 Å². The molecule has 0 spiro atoms. The lowest BCUT2D eigenvalue weighted by atomic mass is 10.2. The summed E-state index contributed by atoms with van der Waals surface area (Å²) in [4.78, 5) is 0.807. The Hall–Kier alpha value is -0.850. The fraction of sp³-hybridized carbons (Fsp3) is 0.368. The van der Waals surface area contributed by atoms with Crippen molar-refractivity contribution in [1.29, 1.82) is 0 Å². The Bertz CT molecular complexity index is 1080. The summed E-state index contributed by atoms with van der Waals surface area (Å²) in [6.07, 6.45) is 0. The molecule has 2 aromatic carbocycles. The van der Waals surface area contributed by atoms with Gasteiger partial charge in [-0.15, -0.1) is 0 Å². The van der Waals surface area contributed by atoms with E-state index < -0.39 is 27.2 Å². The van der Waals surface area contributed by atoms with Crippen LogP contribution in [0.25, 0.3) is 0 Å². The van der Waals surface area contributed by atoms with Gasteiger partial charge in [0, 0.05) is 40.2 Å². The molecule has 0 aromatic heterocycles. The van der Waals surface area contributed by atoms with Crippen molar-refractivity contribution >= 4 is 51.9 Å². The average Bonchev–Trinajstić information content (AvgIpc) is 3.14. The molecule has 2 heterocycles. The maximum absolute atomic E-state index is 11.6. The lowest BCUT2D eigenvalue weighted by Gasteiger charge is -2.04. The quantitative estimate of drug-likeness (QED) is 0.464. The van der Waals surface area contributed by atoms with Gasteiger partial charge >= 0.3 is 0 Å². The van der Waals surface area contributed by atoms with E-state index in [1.54, 1.807) is 31.3 Å². The molecule has 30 heavy (non-hydrogen) atoms. The summed E-state index contributed by atoms with van der Waals surface area (Å²) < 4.78 is 66.8. The van der Waals surface area contributed by atoms with Crippen LogP contribution in [0.2, 0.25) is 0 Å². The lowest BCUT2D eigenvalue weighted by Crippen LogP contribution is -2.18. The second-order valence-corrected chi connectivity index (χ2v) is 11.0. The highest BCUT2D eigenvalue weighted by atomic mass is 79.9. The number of nitrogens with zero attached hydrogens (tertiary/aromatic N) is 1. The summed E-state index contributed by atoms with van der Waals surface area (Å²) in [6, 6.07) is 10.4. The van der Waals surface area contributed by atoms with E-state index in [-0.39, 0.29) is 7.43 Å². The Balaban J connectivity index is 0.000000470. The van der Waals surface area contributed by atoms with Crippen molar-refractivity contribution in [2.24, 2.45) is 0 Å². The van der Waals surface area contributed by atoms with Crippen molar-refractivity contribution in [1.82, 2.24) is 9.03 Å². The molecule has 0 unspecified atom stereocenters. The molecule has 170 valence electrons. The fourth-order valence-corrected chi connectivity index (χ4v) is 6.50. The van der Waals surface area contributed by atoms with Gasteiger partial charge in [-0.25, -0.2) is 21.6 Å². The van der Waals surface area contributed by atoms with Crippen LogP contribution in [-0.4, -0.2) is 35.3 Å². The van der Waals surface area contributed by atoms with Gasteiger partial charge in [-0.2, -0.15) is 4.31 Å². The van der Waals surface area contributed by atoms with E-state index in [2.05, 4.69) is 36.6 Å². The van der Waals surface area contributed by atoms with Gasteiger partial charge in [0.2, 0.25) is 20.0 Å². The highest BCUT2D eigenvalue weighted by Crippen LogP contribution is 2.33. The van der Waals surface area contributed by atoms with Crippen molar-refractivity contribution < 1.29 is 22.6 Å². The van der Waals surface area contributed by atoms with Crippen molar-refractivity contribution in [2.75, 3.05) is 14.2 Å². The number of halogens is 3. The molecule has 0 saturated carbocycles. The fourth-order valence-electron chi connectivity index (χ4n) is 2.62. The topological polar surface area (TPSA) is 83.6 Å². The summed E-state index contributed by atoms with van der Waals surface area (Å²) in [5, 5.41) is 0. The minimum Gasteiger partial charge on any atom is -0.255 e. The normalized spacial score (nSPS) is 17.2. The average molecular weight is 591 g/mol. The summed E-state index contributed by atoms with van der Waals surface area (Å²) in [5.41, 5.74) is 1.67. The van der Waals surface area contributed by atoms with E-state index in [0.717, 1.165) is 20.1 Å². The first-order chi connectivity index (χ1) is 14.1. The third kappa shape index (κ3) is 6.10. The zero-order valence-electron chi connectivity index (χ0n) is 17.1. The van der Waals surface area contributed by atoms with E-state index in [1.165, 1.54) is 4.31 Å². The molecule has 0 amide bonds. The lowest BCUT2D eigenvalue weighted by molar-refractivity contribution is 0.488. The number of alkyl halides is 1. The highest BCUT2D eigenvalue weighted by Gasteiger charge is 2.32. The Morgan fingerprint density at radius 2 is 1.47 bits per heavy atom. The monoisotopic (exact) mass is 589 g/mol. The van der Waals surface area contributed by atoms with E-state index in [9.17, 15) is 21.2 Å². The Kier molecular flexibility index (Phi) is 11.1. The molecule has 2 aliphatic rings. The molecule has 6 nitrogen and oxygen atoms in total. The van der Waals surface area contributed by atoms with Crippen LogP contribution in [0.4, 0.5) is 4.39 Å². The zero-order valence-corrected chi connectivity index (χ0v) is 20.9. The second-order valence-electron chi connectivity index (χ2n) is 5.52. The third-order valence-electron chi connectivity index (χ3n) is 3.95. The molecule has 0 radical (unpaired) electrons. The van der Waals surface area contributed by atoms with Crippen LogP contribution in [0.15, 0.2) is 55.1 Å². The first-order valence-corrected chi connectivity index (χ1v) is 12.9. The molecule has 2 aromatic rings. The van der Waals surface area contributed by atoms with Crippen LogP contribution in [-0.2, 0) is 33.1 Å². The molecule has 2 aliphatic heterocycles. The zero-order chi connectivity index (χ0) is 23.1. The van der Waals surface area contributed by atoms with E-state index in [4.69, 9.17) is 1.37 Å². The van der Waals surface area contributed by atoms with Crippen LogP contribution < -0.4 is 4.72 Å². The van der Waals surface area contributed by atoms with Crippen LogP contribution in [0, 0.1) is 0 Å². The van der Waals surface area contributed by atoms with Gasteiger partial charge in [0.05, 0.1) is 18.3 Å². The van der Waals surface area contributed by atoms with Gasteiger partial charge in [-0.05, 0) is 24.3 Å². The smallest absolute Gasteiger partial charge is 0.243 e. The molecule has 0 aliphatic carbocycles. The molecule has 0 fully saturated rings. The third-order valence-corrected chi connectivity index (χ3v) is 8.81. The Morgan fingerprint density at radius 1 is 1.00 bits per heavy atom. The molecular weight excluding hydrogens is 563 g/mol. The summed E-state index contributed by atoms with van der Waals surface area (Å²) >= 11 is 6.63. The SMILES string of the molecule is C.CC.CN1Cc2c(Br)cccc2S1(=O)=O.O=S1(=O)NCc2c(Br)cccc21.[2H]CF. The van der Waals surface area contributed by atoms with Crippen LogP contribution in [0.3, 0.4) is 0 Å². The molecule has 1 N–H and O–H groups in total. The first kappa shape index (κ1) is 27.2. The number of rotatable bonds is 0. The molecule has 11 heteroatoms. The van der Waals surface area contributed by atoms with Gasteiger partial charge in [-0.3, -0.25) is 4.39 Å². The van der Waals surface area contributed by atoms with Crippen molar-refractivity contribution in [3.63, 3.8) is 0 Å². The standard InChI is InChI=1S/C8H8BrNO2S.C7H6BrNO2S.C2H6.CH3F.CH4/c1-10-5-6-7(9)3-2-4-8(6)13(10,11)12;8-6-2-1-3-7-5(6)4-9-12(7,10)11;2*1-2;/h2-4H,5H2,1H3;1-3,9H,4H2;1-2H3;1H3;1H4/i;;;1D;. The molecular formula is C19H27Br2FN2O4S2. The summed E-state index contributed by atoms with van der Waals surface area (Å²) in [6.45, 7) is 4.85. The van der Waals surface area contributed by atoms with E-state index in [1.807, 2.05) is 26.0 Å². The number of hydrogen-bond donors (Lipinski definition) is 1. The number of fused-ring (bicyclic) bond motifs is 2. The minimum atomic E-state index is -3.21. The predicted octanol–water partition coefficient (Wildman–Crippen LogP) is 5.07. The highest BCUT2D eigenvalue weighted by molar-refractivity contribution is 9.10. The van der Waals surface area contributed by atoms with Gasteiger partial charge in [0.25, 0.3) is 0 Å². The number of benzene rings is 2. The number of sulfonamides is 2. The van der Waals surface area contributed by atoms with E-state index >= 15 is 0 Å². The predicted molar refractivity (Wildman–Crippen MR) is 126 cm³/mol. The van der Waals surface area contributed by atoms with Crippen LogP contribution in [0.1, 0.15) is 33.8 Å². The van der Waals surface area contributed by atoms with Crippen molar-refractivity contribution in [3.8, 4) is 0 Å². The van der Waals surface area contributed by atoms with Gasteiger partial charge < -0.3 is 0 Å². The molecule has 4 rings (SSSR count). The minimum absolute atomic E-state index is 0. The van der Waals surface area contributed by atoms with Gasteiger partial charge in [0.15, 0.2) is 0 Å². The van der Waals surface area contributed by atoms with E-state index in [0.29, 0.717) is 22.9 Å². The van der Waals surface area contributed by atoms with Gasteiger partial charge in [-0.1, -0.05) is 65.3 Å². The molecule has 0 saturated heterocycles. The number of hydrogen-bond acceptors (Lipinski definition) is 4. The number of nitrogens with one attached hydrogen (secondary N) is 1. The molecule has 0 bridgehead atoms. The summed E-state index contributed by atoms with van der Waals surface area (Å²) in [7, 11) is -5.83. The maximum atomic E-state index is 11.6. The van der Waals surface area contributed by atoms with Crippen molar-refractivity contribution in [2.45, 2.75) is 44.2 Å². The second kappa shape index (κ2) is 12.3. The van der Waals surface area contributed by atoms with Crippen molar-refractivity contribution in [3.05, 3.63) is 56.5 Å². The Morgan fingerprint density at radius 3 is 1.93 bits per heavy atom. The maximum Gasteiger partial charge on any atom is 0.243 e. The Labute approximate surface area is 197 Å². The van der Waals surface area contributed by atoms with Crippen LogP contribution in [0.5, 0.6) is 0 Å².